The average molecular weight is 495 g/mol. The van der Waals surface area contributed by atoms with E-state index in [-0.39, 0.29) is 18.0 Å². The fourth-order valence-electron chi connectivity index (χ4n) is 3.73. The number of rotatable bonds is 10. The Morgan fingerprint density at radius 3 is 2.36 bits per heavy atom. The number of halogens is 1. The Balaban J connectivity index is 1.53. The molecular formula is C27H31FN4O4. The summed E-state index contributed by atoms with van der Waals surface area (Å²) in [5, 5.41) is 9.82. The largest absolute Gasteiger partial charge is 0.454 e. The predicted molar refractivity (Wildman–Crippen MR) is 133 cm³/mol. The Morgan fingerprint density at radius 1 is 1.03 bits per heavy atom. The monoisotopic (exact) mass is 494 g/mol. The van der Waals surface area contributed by atoms with Gasteiger partial charge in [-0.25, -0.2) is 9.18 Å². The van der Waals surface area contributed by atoms with Gasteiger partial charge in [0, 0.05) is 17.8 Å². The van der Waals surface area contributed by atoms with Crippen LogP contribution in [0, 0.1) is 25.6 Å². The average Bonchev–Trinajstić information content (AvgIpc) is 3.12. The Morgan fingerprint density at radius 2 is 1.69 bits per heavy atom. The summed E-state index contributed by atoms with van der Waals surface area (Å²) >= 11 is 0. The van der Waals surface area contributed by atoms with E-state index in [2.05, 4.69) is 15.7 Å². The summed E-state index contributed by atoms with van der Waals surface area (Å²) in [6.45, 7) is 7.60. The number of nitrogens with zero attached hydrogens (tertiary/aromatic N) is 2. The lowest BCUT2D eigenvalue weighted by Gasteiger charge is -2.21. The zero-order valence-corrected chi connectivity index (χ0v) is 20.9. The molecule has 0 unspecified atom stereocenters. The van der Waals surface area contributed by atoms with Crippen molar-refractivity contribution in [3.05, 3.63) is 88.5 Å². The molecule has 1 heterocycles. The predicted octanol–water partition coefficient (Wildman–Crippen LogP) is 3.30. The maximum atomic E-state index is 13.9. The van der Waals surface area contributed by atoms with Crippen molar-refractivity contribution < 1.29 is 23.5 Å². The van der Waals surface area contributed by atoms with Crippen LogP contribution in [0.3, 0.4) is 0 Å². The first kappa shape index (κ1) is 26.6. The molecule has 0 bridgehead atoms. The van der Waals surface area contributed by atoms with Gasteiger partial charge in [0.05, 0.1) is 17.8 Å². The third kappa shape index (κ3) is 6.78. The van der Waals surface area contributed by atoms with Gasteiger partial charge in [-0.15, -0.1) is 0 Å². The van der Waals surface area contributed by atoms with Gasteiger partial charge in [-0.2, -0.15) is 5.10 Å². The lowest BCUT2D eigenvalue weighted by atomic mass is 10.0. The van der Waals surface area contributed by atoms with Crippen LogP contribution in [-0.4, -0.2) is 40.2 Å². The Labute approximate surface area is 209 Å². The molecule has 36 heavy (non-hydrogen) atoms. The second-order valence-corrected chi connectivity index (χ2v) is 8.85. The van der Waals surface area contributed by atoms with Crippen LogP contribution < -0.4 is 10.6 Å². The number of ether oxygens (including phenoxy) is 1. The van der Waals surface area contributed by atoms with E-state index in [0.717, 1.165) is 28.6 Å². The van der Waals surface area contributed by atoms with E-state index in [4.69, 9.17) is 4.74 Å². The number of aryl methyl sites for hydroxylation is 1. The third-order valence-corrected chi connectivity index (χ3v) is 5.84. The molecule has 0 fully saturated rings. The van der Waals surface area contributed by atoms with Gasteiger partial charge in [-0.3, -0.25) is 14.3 Å². The highest BCUT2D eigenvalue weighted by molar-refractivity contribution is 5.97. The minimum absolute atomic E-state index is 0.174. The number of esters is 1. The number of benzene rings is 2. The molecule has 2 amide bonds. The normalized spacial score (nSPS) is 11.7. The number of carbonyl (C=O) groups excluding carboxylic acids is 3. The van der Waals surface area contributed by atoms with Gasteiger partial charge in [-0.1, -0.05) is 56.3 Å². The van der Waals surface area contributed by atoms with E-state index >= 15 is 0 Å². The summed E-state index contributed by atoms with van der Waals surface area (Å²) in [4.78, 5) is 37.4. The maximum absolute atomic E-state index is 13.9. The summed E-state index contributed by atoms with van der Waals surface area (Å²) in [5.74, 6) is -3.01. The van der Waals surface area contributed by atoms with Gasteiger partial charge in [0.25, 0.3) is 11.8 Å². The SMILES string of the molecule is Cc1nn(Cc2ccccc2)c(C)c1CNC(=O)COC(=O)[C@@H](NC(=O)c1ccccc1F)C(C)C. The molecule has 0 spiro atoms. The van der Waals surface area contributed by atoms with Crippen molar-refractivity contribution in [3.63, 3.8) is 0 Å². The van der Waals surface area contributed by atoms with Crippen LogP contribution in [0.4, 0.5) is 4.39 Å². The third-order valence-electron chi connectivity index (χ3n) is 5.84. The van der Waals surface area contributed by atoms with E-state index < -0.39 is 36.2 Å². The molecule has 0 aliphatic carbocycles. The molecule has 0 radical (unpaired) electrons. The van der Waals surface area contributed by atoms with Crippen molar-refractivity contribution >= 4 is 17.8 Å². The van der Waals surface area contributed by atoms with Crippen LogP contribution in [0.15, 0.2) is 54.6 Å². The fraction of sp³-hybridized carbons (Fsp3) is 0.333. The summed E-state index contributed by atoms with van der Waals surface area (Å²) in [5.41, 5.74) is 3.57. The van der Waals surface area contributed by atoms with Crippen molar-refractivity contribution in [2.75, 3.05) is 6.61 Å². The second-order valence-electron chi connectivity index (χ2n) is 8.85. The minimum atomic E-state index is -1.04. The molecule has 2 N–H and O–H groups in total. The fourth-order valence-corrected chi connectivity index (χ4v) is 3.73. The molecule has 190 valence electrons. The van der Waals surface area contributed by atoms with E-state index in [1.807, 2.05) is 48.9 Å². The first-order valence-electron chi connectivity index (χ1n) is 11.7. The summed E-state index contributed by atoms with van der Waals surface area (Å²) in [6, 6.07) is 14.4. The van der Waals surface area contributed by atoms with Gasteiger partial charge in [0.15, 0.2) is 6.61 Å². The number of nitrogens with one attached hydrogen (secondary N) is 2. The topological polar surface area (TPSA) is 102 Å². The zero-order valence-electron chi connectivity index (χ0n) is 20.9. The van der Waals surface area contributed by atoms with Crippen LogP contribution in [0.1, 0.15) is 46.7 Å². The van der Waals surface area contributed by atoms with Crippen LogP contribution in [0.5, 0.6) is 0 Å². The van der Waals surface area contributed by atoms with Crippen LogP contribution in [0.2, 0.25) is 0 Å². The molecule has 1 aromatic heterocycles. The zero-order chi connectivity index (χ0) is 26.2. The van der Waals surface area contributed by atoms with Crippen molar-refractivity contribution in [1.82, 2.24) is 20.4 Å². The summed E-state index contributed by atoms with van der Waals surface area (Å²) in [6.07, 6.45) is 0. The second kappa shape index (κ2) is 12.1. The van der Waals surface area contributed by atoms with Crippen molar-refractivity contribution in [2.24, 2.45) is 5.92 Å². The van der Waals surface area contributed by atoms with Gasteiger partial charge in [0.2, 0.25) is 0 Å². The summed E-state index contributed by atoms with van der Waals surface area (Å²) in [7, 11) is 0. The quantitative estimate of drug-likeness (QED) is 0.421. The molecule has 2 aromatic carbocycles. The molecule has 0 saturated heterocycles. The van der Waals surface area contributed by atoms with Crippen molar-refractivity contribution in [2.45, 2.75) is 46.8 Å². The van der Waals surface area contributed by atoms with Gasteiger partial charge in [-0.05, 0) is 37.5 Å². The first-order valence-corrected chi connectivity index (χ1v) is 11.7. The molecular weight excluding hydrogens is 463 g/mol. The maximum Gasteiger partial charge on any atom is 0.329 e. The van der Waals surface area contributed by atoms with Gasteiger partial charge in [0.1, 0.15) is 11.9 Å². The van der Waals surface area contributed by atoms with Crippen molar-refractivity contribution in [1.29, 1.82) is 0 Å². The molecule has 8 nitrogen and oxygen atoms in total. The summed E-state index contributed by atoms with van der Waals surface area (Å²) < 4.78 is 20.9. The number of aromatic nitrogens is 2. The van der Waals surface area contributed by atoms with E-state index in [9.17, 15) is 18.8 Å². The van der Waals surface area contributed by atoms with Gasteiger partial charge < -0.3 is 15.4 Å². The minimum Gasteiger partial charge on any atom is -0.454 e. The lowest BCUT2D eigenvalue weighted by molar-refractivity contribution is -0.151. The number of hydrogen-bond donors (Lipinski definition) is 2. The van der Waals surface area contributed by atoms with Crippen LogP contribution >= 0.6 is 0 Å². The lowest BCUT2D eigenvalue weighted by Crippen LogP contribution is -2.46. The molecule has 3 aromatic rings. The van der Waals surface area contributed by atoms with Gasteiger partial charge >= 0.3 is 5.97 Å². The first-order chi connectivity index (χ1) is 17.2. The number of hydrogen-bond acceptors (Lipinski definition) is 5. The molecule has 0 saturated carbocycles. The van der Waals surface area contributed by atoms with E-state index in [1.54, 1.807) is 13.8 Å². The molecule has 0 aliphatic heterocycles. The van der Waals surface area contributed by atoms with Crippen molar-refractivity contribution in [3.8, 4) is 0 Å². The van der Waals surface area contributed by atoms with E-state index in [1.165, 1.54) is 18.2 Å². The molecule has 3 rings (SSSR count). The standard InChI is InChI=1S/C27H31FN4O4/c1-17(2)25(30-26(34)21-12-8-9-13-23(21)28)27(35)36-16-24(33)29-14-22-18(3)31-32(19(22)4)15-20-10-6-5-7-11-20/h5-13,17,25H,14-16H2,1-4H3,(H,29,33)(H,30,34)/t25-/m0/s1. The highest BCUT2D eigenvalue weighted by Crippen LogP contribution is 2.15. The van der Waals surface area contributed by atoms with Crippen LogP contribution in [-0.2, 0) is 27.4 Å². The molecule has 9 heteroatoms. The smallest absolute Gasteiger partial charge is 0.329 e. The Hall–Kier alpha value is -4.01. The Bertz CT molecular complexity index is 1220. The number of carbonyl (C=O) groups is 3. The molecule has 0 aliphatic rings. The number of amides is 2. The highest BCUT2D eigenvalue weighted by atomic mass is 19.1. The Kier molecular flexibility index (Phi) is 8.94. The van der Waals surface area contributed by atoms with Crippen LogP contribution in [0.25, 0.3) is 0 Å². The highest BCUT2D eigenvalue weighted by Gasteiger charge is 2.27. The molecule has 1 atom stereocenters. The van der Waals surface area contributed by atoms with E-state index in [0.29, 0.717) is 6.54 Å².